The Morgan fingerprint density at radius 3 is 2.20 bits per heavy atom. The number of rotatable bonds is 5. The molecule has 0 N–H and O–H groups in total. The SMILES string of the molecule is CN1CC[C@](CCC(=O)OC(C)(C)C)(CN2c3ccccc3Sc3ccccc32)C1. The first-order valence-electron chi connectivity index (χ1n) is 10.8. The topological polar surface area (TPSA) is 32.8 Å². The number of benzene rings is 2. The molecule has 30 heavy (non-hydrogen) atoms. The molecule has 4 rings (SSSR count). The molecule has 0 bridgehead atoms. The van der Waals surface area contributed by atoms with Crippen molar-refractivity contribution in [2.75, 3.05) is 31.6 Å². The van der Waals surface area contributed by atoms with Crippen LogP contribution in [0.4, 0.5) is 11.4 Å². The van der Waals surface area contributed by atoms with Crippen molar-refractivity contribution in [2.45, 2.75) is 55.4 Å². The van der Waals surface area contributed by atoms with Crippen LogP contribution in [0.3, 0.4) is 0 Å². The lowest BCUT2D eigenvalue weighted by molar-refractivity contribution is -0.155. The van der Waals surface area contributed by atoms with Crippen LogP contribution in [-0.2, 0) is 9.53 Å². The molecule has 0 saturated carbocycles. The molecule has 160 valence electrons. The van der Waals surface area contributed by atoms with E-state index in [4.69, 9.17) is 4.74 Å². The van der Waals surface area contributed by atoms with E-state index >= 15 is 0 Å². The fraction of sp³-hybridized carbons (Fsp3) is 0.480. The number of esters is 1. The van der Waals surface area contributed by atoms with Gasteiger partial charge >= 0.3 is 5.97 Å². The third-order valence-electron chi connectivity index (χ3n) is 5.93. The summed E-state index contributed by atoms with van der Waals surface area (Å²) in [5, 5.41) is 0. The van der Waals surface area contributed by atoms with Crippen molar-refractivity contribution < 1.29 is 9.53 Å². The lowest BCUT2D eigenvalue weighted by atomic mass is 9.81. The highest BCUT2D eigenvalue weighted by Crippen LogP contribution is 2.50. The van der Waals surface area contributed by atoms with Gasteiger partial charge in [0.25, 0.3) is 0 Å². The molecule has 0 amide bonds. The summed E-state index contributed by atoms with van der Waals surface area (Å²) in [5.41, 5.74) is 2.17. The van der Waals surface area contributed by atoms with E-state index in [1.807, 2.05) is 32.5 Å². The van der Waals surface area contributed by atoms with E-state index in [-0.39, 0.29) is 11.4 Å². The van der Waals surface area contributed by atoms with Gasteiger partial charge in [0.15, 0.2) is 0 Å². The number of anilines is 2. The lowest BCUT2D eigenvalue weighted by Crippen LogP contribution is -2.39. The van der Waals surface area contributed by atoms with Crippen molar-refractivity contribution in [3.63, 3.8) is 0 Å². The van der Waals surface area contributed by atoms with Gasteiger partial charge in [0.05, 0.1) is 11.4 Å². The minimum atomic E-state index is -0.432. The summed E-state index contributed by atoms with van der Waals surface area (Å²) in [6.07, 6.45) is 2.41. The van der Waals surface area contributed by atoms with Crippen molar-refractivity contribution in [1.82, 2.24) is 4.90 Å². The predicted octanol–water partition coefficient (Wildman–Crippen LogP) is 5.73. The Hall–Kier alpha value is -1.98. The van der Waals surface area contributed by atoms with Crippen LogP contribution in [-0.4, -0.2) is 43.2 Å². The minimum absolute atomic E-state index is 0.0634. The summed E-state index contributed by atoms with van der Waals surface area (Å²) in [6.45, 7) is 8.79. The predicted molar refractivity (Wildman–Crippen MR) is 124 cm³/mol. The maximum absolute atomic E-state index is 12.5. The second kappa shape index (κ2) is 8.27. The van der Waals surface area contributed by atoms with Crippen LogP contribution < -0.4 is 4.90 Å². The molecule has 5 heteroatoms. The highest BCUT2D eigenvalue weighted by molar-refractivity contribution is 7.99. The second-order valence-electron chi connectivity index (χ2n) is 9.70. The highest BCUT2D eigenvalue weighted by atomic mass is 32.2. The number of hydrogen-bond acceptors (Lipinski definition) is 5. The van der Waals surface area contributed by atoms with Crippen LogP contribution in [0.1, 0.15) is 40.0 Å². The molecule has 0 aromatic heterocycles. The Bertz CT molecular complexity index is 878. The molecule has 2 aromatic rings. The van der Waals surface area contributed by atoms with E-state index in [1.165, 1.54) is 21.2 Å². The summed E-state index contributed by atoms with van der Waals surface area (Å²) < 4.78 is 5.60. The fourth-order valence-corrected chi connectivity index (χ4v) is 5.71. The Balaban J connectivity index is 1.60. The van der Waals surface area contributed by atoms with Gasteiger partial charge in [0.1, 0.15) is 5.60 Å². The number of nitrogens with zero attached hydrogens (tertiary/aromatic N) is 2. The quantitative estimate of drug-likeness (QED) is 0.572. The molecule has 2 heterocycles. The molecule has 1 fully saturated rings. The van der Waals surface area contributed by atoms with Gasteiger partial charge in [-0.1, -0.05) is 36.0 Å². The van der Waals surface area contributed by atoms with Crippen LogP contribution in [0.2, 0.25) is 0 Å². The molecule has 1 atom stereocenters. The number of para-hydroxylation sites is 2. The molecule has 4 nitrogen and oxygen atoms in total. The van der Waals surface area contributed by atoms with E-state index in [1.54, 1.807) is 0 Å². The lowest BCUT2D eigenvalue weighted by Gasteiger charge is -2.40. The first kappa shape index (κ1) is 21.3. The van der Waals surface area contributed by atoms with Gasteiger partial charge in [-0.25, -0.2) is 0 Å². The molecular formula is C25H32N2O2S. The van der Waals surface area contributed by atoms with Gasteiger partial charge in [-0.15, -0.1) is 0 Å². The van der Waals surface area contributed by atoms with E-state index < -0.39 is 5.60 Å². The summed E-state index contributed by atoms with van der Waals surface area (Å²) in [6, 6.07) is 17.3. The normalized spacial score (nSPS) is 21.3. The molecule has 2 aromatic carbocycles. The molecule has 0 radical (unpaired) electrons. The van der Waals surface area contributed by atoms with Crippen LogP contribution >= 0.6 is 11.8 Å². The Labute approximate surface area is 184 Å². The molecule has 2 aliphatic heterocycles. The Kier molecular flexibility index (Phi) is 5.86. The largest absolute Gasteiger partial charge is 0.460 e. The minimum Gasteiger partial charge on any atom is -0.460 e. The number of ether oxygens (including phenoxy) is 1. The summed E-state index contributed by atoms with van der Waals surface area (Å²) in [4.78, 5) is 19.9. The zero-order valence-corrected chi connectivity index (χ0v) is 19.3. The average Bonchev–Trinajstić information content (AvgIpc) is 3.06. The standard InChI is InChI=1S/C25H32N2O2S/c1-24(2,3)29-23(28)13-14-25(15-16-26(4)17-25)18-27-19-9-5-7-11-21(19)30-22-12-8-6-10-20(22)27/h5-12H,13-18H2,1-4H3/t25-/m0/s1. The number of carbonyl (C=O) groups is 1. The molecule has 0 unspecified atom stereocenters. The van der Waals surface area contributed by atoms with E-state index in [9.17, 15) is 4.79 Å². The Morgan fingerprint density at radius 1 is 1.07 bits per heavy atom. The molecule has 2 aliphatic rings. The van der Waals surface area contributed by atoms with Crippen molar-refractivity contribution >= 4 is 29.1 Å². The number of carbonyl (C=O) groups excluding carboxylic acids is 1. The summed E-state index contributed by atoms with van der Waals surface area (Å²) in [7, 11) is 2.18. The van der Waals surface area contributed by atoms with Gasteiger partial charge < -0.3 is 14.5 Å². The van der Waals surface area contributed by atoms with Gasteiger partial charge in [0.2, 0.25) is 0 Å². The van der Waals surface area contributed by atoms with Crippen LogP contribution in [0.25, 0.3) is 0 Å². The van der Waals surface area contributed by atoms with Crippen molar-refractivity contribution in [3.8, 4) is 0 Å². The van der Waals surface area contributed by atoms with Gasteiger partial charge in [-0.3, -0.25) is 4.79 Å². The average molecular weight is 425 g/mol. The number of hydrogen-bond donors (Lipinski definition) is 0. The van der Waals surface area contributed by atoms with E-state index in [0.29, 0.717) is 6.42 Å². The van der Waals surface area contributed by atoms with Crippen LogP contribution in [0.5, 0.6) is 0 Å². The highest BCUT2D eigenvalue weighted by Gasteiger charge is 2.40. The maximum Gasteiger partial charge on any atom is 0.306 e. The molecule has 0 spiro atoms. The van der Waals surface area contributed by atoms with E-state index in [0.717, 1.165) is 32.5 Å². The van der Waals surface area contributed by atoms with Crippen LogP contribution in [0.15, 0.2) is 58.3 Å². The first-order valence-corrected chi connectivity index (χ1v) is 11.6. The monoisotopic (exact) mass is 424 g/mol. The van der Waals surface area contributed by atoms with Gasteiger partial charge in [-0.05, 0) is 71.5 Å². The van der Waals surface area contributed by atoms with Gasteiger partial charge in [-0.2, -0.15) is 0 Å². The molecular weight excluding hydrogens is 392 g/mol. The van der Waals surface area contributed by atoms with Crippen molar-refractivity contribution in [3.05, 3.63) is 48.5 Å². The van der Waals surface area contributed by atoms with Gasteiger partial charge in [0, 0.05) is 34.7 Å². The third-order valence-corrected chi connectivity index (χ3v) is 7.06. The third kappa shape index (κ3) is 4.68. The fourth-order valence-electron chi connectivity index (χ4n) is 4.62. The zero-order chi connectivity index (χ0) is 21.4. The van der Waals surface area contributed by atoms with E-state index in [2.05, 4.69) is 65.4 Å². The summed E-state index contributed by atoms with van der Waals surface area (Å²) >= 11 is 1.84. The number of likely N-dealkylation sites (tertiary alicyclic amines) is 1. The second-order valence-corrected chi connectivity index (χ2v) is 10.8. The van der Waals surface area contributed by atoms with Crippen LogP contribution in [0, 0.1) is 5.41 Å². The van der Waals surface area contributed by atoms with Crippen molar-refractivity contribution in [1.29, 1.82) is 0 Å². The van der Waals surface area contributed by atoms with Crippen molar-refractivity contribution in [2.24, 2.45) is 5.41 Å². The number of fused-ring (bicyclic) bond motifs is 2. The maximum atomic E-state index is 12.5. The smallest absolute Gasteiger partial charge is 0.306 e. The zero-order valence-electron chi connectivity index (χ0n) is 18.5. The first-order chi connectivity index (χ1) is 14.2. The Morgan fingerprint density at radius 2 is 1.67 bits per heavy atom. The molecule has 0 aliphatic carbocycles. The molecule has 1 saturated heterocycles. The summed E-state index contributed by atoms with van der Waals surface area (Å²) in [5.74, 6) is -0.0913.